The van der Waals surface area contributed by atoms with Crippen LogP contribution in [0.25, 0.3) is 0 Å². The van der Waals surface area contributed by atoms with E-state index in [4.69, 9.17) is 26.5 Å². The average Bonchev–Trinajstić information content (AvgIpc) is 3.25. The summed E-state index contributed by atoms with van der Waals surface area (Å²) in [5.74, 6) is -1.57. The van der Waals surface area contributed by atoms with Crippen LogP contribution in [0.4, 0.5) is 5.13 Å². The molecule has 0 fully saturated rings. The van der Waals surface area contributed by atoms with Gasteiger partial charge in [-0.1, -0.05) is 48.9 Å². The summed E-state index contributed by atoms with van der Waals surface area (Å²) in [5.41, 5.74) is 1.07. The van der Waals surface area contributed by atoms with Crippen molar-refractivity contribution in [3.05, 3.63) is 76.3 Å². The van der Waals surface area contributed by atoms with E-state index < -0.39 is 17.8 Å². The Bertz CT molecular complexity index is 1070. The van der Waals surface area contributed by atoms with Gasteiger partial charge in [0.05, 0.1) is 11.6 Å². The number of carbonyl (C=O) groups excluding carboxylic acids is 2. The largest absolute Gasteiger partial charge is 0.487 e. The summed E-state index contributed by atoms with van der Waals surface area (Å²) in [6.45, 7) is 2.01. The molecule has 1 amide bonds. The SMILES string of the molecule is CCC(C(=N)C(=O)OCc1ccccc1)C(=O)Nc1nc(COc2ccc(Cl)cc2)cs1. The fourth-order valence-corrected chi connectivity index (χ4v) is 3.60. The van der Waals surface area contributed by atoms with Crippen LogP contribution in [0, 0.1) is 11.3 Å². The third-order valence-corrected chi connectivity index (χ3v) is 5.55. The van der Waals surface area contributed by atoms with Crippen molar-refractivity contribution < 1.29 is 19.1 Å². The fourth-order valence-electron chi connectivity index (χ4n) is 2.78. The summed E-state index contributed by atoms with van der Waals surface area (Å²) in [7, 11) is 0. The number of ether oxygens (including phenoxy) is 2. The van der Waals surface area contributed by atoms with E-state index in [1.807, 2.05) is 30.3 Å². The summed E-state index contributed by atoms with van der Waals surface area (Å²) in [6.07, 6.45) is 0.281. The van der Waals surface area contributed by atoms with Crippen LogP contribution < -0.4 is 10.1 Å². The van der Waals surface area contributed by atoms with Crippen molar-refractivity contribution in [1.29, 1.82) is 5.41 Å². The van der Waals surface area contributed by atoms with Gasteiger partial charge >= 0.3 is 5.97 Å². The van der Waals surface area contributed by atoms with Crippen molar-refractivity contribution in [3.8, 4) is 5.75 Å². The van der Waals surface area contributed by atoms with E-state index in [1.54, 1.807) is 36.6 Å². The van der Waals surface area contributed by atoms with Gasteiger partial charge in [-0.25, -0.2) is 9.78 Å². The third-order valence-electron chi connectivity index (χ3n) is 4.49. The highest BCUT2D eigenvalue weighted by Gasteiger charge is 2.28. The molecule has 1 heterocycles. The number of esters is 1. The van der Waals surface area contributed by atoms with Crippen LogP contribution in [-0.2, 0) is 27.5 Å². The van der Waals surface area contributed by atoms with Crippen molar-refractivity contribution in [2.45, 2.75) is 26.6 Å². The smallest absolute Gasteiger partial charge is 0.353 e. The maximum absolute atomic E-state index is 12.6. The molecule has 1 unspecified atom stereocenters. The molecule has 1 atom stereocenters. The van der Waals surface area contributed by atoms with E-state index in [-0.39, 0.29) is 25.3 Å². The number of halogens is 1. The lowest BCUT2D eigenvalue weighted by Gasteiger charge is -2.14. The van der Waals surface area contributed by atoms with Crippen molar-refractivity contribution in [1.82, 2.24) is 4.98 Å². The zero-order chi connectivity index (χ0) is 22.9. The summed E-state index contributed by atoms with van der Waals surface area (Å²) < 4.78 is 10.8. The number of carbonyl (C=O) groups is 2. The molecule has 2 N–H and O–H groups in total. The number of thiazole rings is 1. The first-order chi connectivity index (χ1) is 15.5. The molecule has 0 aliphatic carbocycles. The highest BCUT2D eigenvalue weighted by molar-refractivity contribution is 7.13. The second kappa shape index (κ2) is 11.4. The molecular weight excluding hydrogens is 450 g/mol. The van der Waals surface area contributed by atoms with Crippen LogP contribution in [0.15, 0.2) is 60.0 Å². The Balaban J connectivity index is 1.52. The lowest BCUT2D eigenvalue weighted by atomic mass is 9.99. The molecular formula is C23H22ClN3O4S. The number of amides is 1. The highest BCUT2D eigenvalue weighted by Crippen LogP contribution is 2.21. The molecule has 3 aromatic rings. The standard InChI is InChI=1S/C23H22ClN3O4S/c1-2-19(20(25)22(29)31-12-15-6-4-3-5-7-15)21(28)27-23-26-17(14-32-23)13-30-18-10-8-16(24)9-11-18/h3-11,14,19,25H,2,12-13H2,1H3,(H,26,27,28). The molecule has 7 nitrogen and oxygen atoms in total. The van der Waals surface area contributed by atoms with Gasteiger partial charge in [-0.05, 0) is 36.2 Å². The van der Waals surface area contributed by atoms with Crippen molar-refractivity contribution >= 4 is 45.7 Å². The third kappa shape index (κ3) is 6.63. The van der Waals surface area contributed by atoms with Crippen LogP contribution in [-0.4, -0.2) is 22.6 Å². The molecule has 166 valence electrons. The summed E-state index contributed by atoms with van der Waals surface area (Å²) in [5, 5.41) is 13.5. The van der Waals surface area contributed by atoms with E-state index in [0.717, 1.165) is 5.56 Å². The first kappa shape index (κ1) is 23.4. The van der Waals surface area contributed by atoms with E-state index in [9.17, 15) is 9.59 Å². The lowest BCUT2D eigenvalue weighted by molar-refractivity contribution is -0.137. The Hall–Kier alpha value is -3.23. The Morgan fingerprint density at radius 1 is 1.12 bits per heavy atom. The normalized spacial score (nSPS) is 11.4. The lowest BCUT2D eigenvalue weighted by Crippen LogP contribution is -2.34. The fraction of sp³-hybridized carbons (Fsp3) is 0.217. The predicted octanol–water partition coefficient (Wildman–Crippen LogP) is 5.10. The summed E-state index contributed by atoms with van der Waals surface area (Å²) in [6, 6.07) is 16.1. The minimum absolute atomic E-state index is 0.0452. The van der Waals surface area contributed by atoms with Crippen LogP contribution in [0.2, 0.25) is 5.02 Å². The number of nitrogens with zero attached hydrogens (tertiary/aromatic N) is 1. The monoisotopic (exact) mass is 471 g/mol. The number of anilines is 1. The average molecular weight is 472 g/mol. The van der Waals surface area contributed by atoms with Gasteiger partial charge in [0, 0.05) is 10.4 Å². The maximum Gasteiger partial charge on any atom is 0.353 e. The number of hydrogen-bond acceptors (Lipinski definition) is 7. The molecule has 0 saturated heterocycles. The van der Waals surface area contributed by atoms with Crippen LogP contribution >= 0.6 is 22.9 Å². The van der Waals surface area contributed by atoms with Gasteiger partial charge in [0.15, 0.2) is 5.13 Å². The molecule has 0 aliphatic rings. The molecule has 3 rings (SSSR count). The quantitative estimate of drug-likeness (QED) is 0.316. The summed E-state index contributed by atoms with van der Waals surface area (Å²) >= 11 is 7.10. The topological polar surface area (TPSA) is 101 Å². The molecule has 2 aromatic carbocycles. The Labute approximate surface area is 194 Å². The second-order valence-corrected chi connectivity index (χ2v) is 8.11. The Kier molecular flexibility index (Phi) is 8.35. The van der Waals surface area contributed by atoms with Crippen molar-refractivity contribution in [2.75, 3.05) is 5.32 Å². The number of rotatable bonds is 10. The predicted molar refractivity (Wildman–Crippen MR) is 124 cm³/mol. The summed E-state index contributed by atoms with van der Waals surface area (Å²) in [4.78, 5) is 29.2. The van der Waals surface area contributed by atoms with Gasteiger partial charge in [0.2, 0.25) is 5.91 Å². The van der Waals surface area contributed by atoms with Crippen molar-refractivity contribution in [3.63, 3.8) is 0 Å². The van der Waals surface area contributed by atoms with Gasteiger partial charge in [-0.15, -0.1) is 11.3 Å². The minimum atomic E-state index is -0.934. The van der Waals surface area contributed by atoms with E-state index in [2.05, 4.69) is 10.3 Å². The molecule has 0 saturated carbocycles. The number of aromatic nitrogens is 1. The van der Waals surface area contributed by atoms with E-state index in [1.165, 1.54) is 11.3 Å². The van der Waals surface area contributed by atoms with Crippen LogP contribution in [0.5, 0.6) is 5.75 Å². The molecule has 0 radical (unpaired) electrons. The maximum atomic E-state index is 12.6. The van der Waals surface area contributed by atoms with E-state index in [0.29, 0.717) is 21.6 Å². The molecule has 0 aliphatic heterocycles. The van der Waals surface area contributed by atoms with Crippen molar-refractivity contribution in [2.24, 2.45) is 5.92 Å². The van der Waals surface area contributed by atoms with Crippen LogP contribution in [0.3, 0.4) is 0 Å². The van der Waals surface area contributed by atoms with Gasteiger partial charge < -0.3 is 14.8 Å². The number of nitrogens with one attached hydrogen (secondary N) is 2. The second-order valence-electron chi connectivity index (χ2n) is 6.81. The number of benzene rings is 2. The van der Waals surface area contributed by atoms with Gasteiger partial charge in [-0.2, -0.15) is 0 Å². The first-order valence-electron chi connectivity index (χ1n) is 9.89. The molecule has 32 heavy (non-hydrogen) atoms. The molecule has 9 heteroatoms. The zero-order valence-corrected chi connectivity index (χ0v) is 18.9. The van der Waals surface area contributed by atoms with Gasteiger partial charge in [0.25, 0.3) is 0 Å². The molecule has 0 spiro atoms. The molecule has 1 aromatic heterocycles. The Morgan fingerprint density at radius 3 is 2.53 bits per heavy atom. The highest BCUT2D eigenvalue weighted by atomic mass is 35.5. The first-order valence-corrected chi connectivity index (χ1v) is 11.1. The zero-order valence-electron chi connectivity index (χ0n) is 17.3. The molecule has 0 bridgehead atoms. The van der Waals surface area contributed by atoms with Crippen LogP contribution in [0.1, 0.15) is 24.6 Å². The number of hydrogen-bond donors (Lipinski definition) is 2. The van der Waals surface area contributed by atoms with E-state index >= 15 is 0 Å². The Morgan fingerprint density at radius 2 is 1.84 bits per heavy atom. The van der Waals surface area contributed by atoms with Gasteiger partial charge in [0.1, 0.15) is 24.7 Å². The van der Waals surface area contributed by atoms with Gasteiger partial charge in [-0.3, -0.25) is 10.2 Å². The minimum Gasteiger partial charge on any atom is -0.487 e.